The van der Waals surface area contributed by atoms with Crippen LogP contribution in [-0.4, -0.2) is 44.8 Å². The van der Waals surface area contributed by atoms with E-state index in [0.29, 0.717) is 15.7 Å². The van der Waals surface area contributed by atoms with E-state index in [2.05, 4.69) is 10.4 Å². The van der Waals surface area contributed by atoms with Gasteiger partial charge in [0.1, 0.15) is 0 Å². The summed E-state index contributed by atoms with van der Waals surface area (Å²) in [6.07, 6.45) is 1.87. The molecule has 0 spiro atoms. The Morgan fingerprint density at radius 3 is 2.38 bits per heavy atom. The SMILES string of the molecule is C[N+]1(C)N=C(c2ccccc2F)C=C1c1ccc(C(=O)Nc2ccccc2F)[se]1. The van der Waals surface area contributed by atoms with Gasteiger partial charge in [0.25, 0.3) is 0 Å². The molecule has 1 aliphatic rings. The molecule has 0 atom stereocenters. The predicted molar refractivity (Wildman–Crippen MR) is 111 cm³/mol. The molecule has 29 heavy (non-hydrogen) atoms. The number of quaternary nitrogens is 1. The number of rotatable bonds is 4. The molecule has 0 saturated carbocycles. The summed E-state index contributed by atoms with van der Waals surface area (Å²) in [5.74, 6) is -1.11. The first-order valence-corrected chi connectivity index (χ1v) is 10.6. The van der Waals surface area contributed by atoms with Gasteiger partial charge in [-0.1, -0.05) is 0 Å². The van der Waals surface area contributed by atoms with Gasteiger partial charge in [-0.2, -0.15) is 0 Å². The van der Waals surface area contributed by atoms with Gasteiger partial charge in [-0.25, -0.2) is 0 Å². The van der Waals surface area contributed by atoms with Crippen molar-refractivity contribution in [3.05, 3.63) is 92.8 Å². The van der Waals surface area contributed by atoms with E-state index in [1.165, 1.54) is 18.2 Å². The molecule has 0 bridgehead atoms. The molecule has 2 heterocycles. The van der Waals surface area contributed by atoms with Gasteiger partial charge in [0.05, 0.1) is 0 Å². The van der Waals surface area contributed by atoms with Crippen LogP contribution in [0.15, 0.2) is 71.8 Å². The summed E-state index contributed by atoms with van der Waals surface area (Å²) in [7, 11) is 3.82. The predicted octanol–water partition coefficient (Wildman–Crippen LogP) is 4.11. The van der Waals surface area contributed by atoms with Gasteiger partial charge in [-0.3, -0.25) is 0 Å². The summed E-state index contributed by atoms with van der Waals surface area (Å²) in [4.78, 5) is 12.6. The van der Waals surface area contributed by atoms with Crippen molar-refractivity contribution in [1.29, 1.82) is 0 Å². The van der Waals surface area contributed by atoms with Crippen LogP contribution in [0.3, 0.4) is 0 Å². The second-order valence-corrected chi connectivity index (χ2v) is 9.26. The van der Waals surface area contributed by atoms with Crippen molar-refractivity contribution >= 4 is 37.5 Å². The van der Waals surface area contributed by atoms with Crippen LogP contribution in [0.2, 0.25) is 0 Å². The molecule has 0 unspecified atom stereocenters. The third-order valence-electron chi connectivity index (χ3n) is 4.57. The van der Waals surface area contributed by atoms with E-state index in [4.69, 9.17) is 0 Å². The summed E-state index contributed by atoms with van der Waals surface area (Å²) in [6.45, 7) is 0. The monoisotopic (exact) mass is 458 g/mol. The quantitative estimate of drug-likeness (QED) is 0.465. The topological polar surface area (TPSA) is 41.5 Å². The molecule has 0 fully saturated rings. The zero-order valence-corrected chi connectivity index (χ0v) is 17.5. The van der Waals surface area contributed by atoms with E-state index in [1.807, 2.05) is 26.2 Å². The number of hydrogen-bond acceptors (Lipinski definition) is 2. The number of para-hydroxylation sites is 1. The first-order valence-electron chi connectivity index (χ1n) is 8.92. The Bertz CT molecular complexity index is 1160. The number of allylic oxidation sites excluding steroid dienone is 1. The van der Waals surface area contributed by atoms with Gasteiger partial charge in [0.15, 0.2) is 0 Å². The maximum atomic E-state index is 14.2. The first kappa shape index (κ1) is 19.5. The fraction of sp³-hybridized carbons (Fsp3) is 0.0909. The Morgan fingerprint density at radius 1 is 0.966 bits per heavy atom. The molecule has 4 nitrogen and oxygen atoms in total. The van der Waals surface area contributed by atoms with Crippen LogP contribution in [0.1, 0.15) is 19.2 Å². The molecule has 7 heteroatoms. The van der Waals surface area contributed by atoms with Gasteiger partial charge in [-0.05, 0) is 0 Å². The molecule has 1 aromatic heterocycles. The van der Waals surface area contributed by atoms with Crippen molar-refractivity contribution in [3.8, 4) is 0 Å². The Balaban J connectivity index is 1.61. The van der Waals surface area contributed by atoms with E-state index in [9.17, 15) is 13.6 Å². The normalized spacial score (nSPS) is 15.0. The molecule has 0 saturated heterocycles. The molecule has 4 rings (SSSR count). The van der Waals surface area contributed by atoms with Gasteiger partial charge < -0.3 is 0 Å². The minimum absolute atomic E-state index is 0.156. The second-order valence-electron chi connectivity index (χ2n) is 6.99. The Hall–Kier alpha value is -2.86. The number of amides is 1. The van der Waals surface area contributed by atoms with Gasteiger partial charge in [0, 0.05) is 0 Å². The fourth-order valence-corrected chi connectivity index (χ4v) is 5.31. The third kappa shape index (κ3) is 3.85. The summed E-state index contributed by atoms with van der Waals surface area (Å²) in [6, 6.07) is 16.3. The number of nitrogens with zero attached hydrogens (tertiary/aromatic N) is 2. The van der Waals surface area contributed by atoms with Crippen molar-refractivity contribution in [3.63, 3.8) is 0 Å². The van der Waals surface area contributed by atoms with Crippen LogP contribution in [-0.2, 0) is 0 Å². The second kappa shape index (κ2) is 7.52. The molecule has 1 amide bonds. The molecular formula is C22H18F2N3OSe+. The minimum atomic E-state index is -0.473. The zero-order chi connectivity index (χ0) is 20.6. The molecule has 2 aromatic carbocycles. The molecule has 0 aliphatic carbocycles. The molecule has 1 aliphatic heterocycles. The first-order chi connectivity index (χ1) is 13.8. The number of anilines is 1. The Labute approximate surface area is 173 Å². The number of halogens is 2. The average molecular weight is 457 g/mol. The third-order valence-corrected chi connectivity index (χ3v) is 6.90. The Kier molecular flexibility index (Phi) is 5.04. The van der Waals surface area contributed by atoms with E-state index < -0.39 is 5.82 Å². The van der Waals surface area contributed by atoms with Crippen molar-refractivity contribution in [2.24, 2.45) is 5.10 Å². The van der Waals surface area contributed by atoms with Crippen LogP contribution in [0.4, 0.5) is 14.5 Å². The van der Waals surface area contributed by atoms with Crippen LogP contribution in [0.5, 0.6) is 0 Å². The summed E-state index contributed by atoms with van der Waals surface area (Å²) in [5.41, 5.74) is 2.09. The van der Waals surface area contributed by atoms with E-state index in [1.54, 1.807) is 36.4 Å². The summed E-state index contributed by atoms with van der Waals surface area (Å²) < 4.78 is 29.8. The van der Waals surface area contributed by atoms with Crippen molar-refractivity contribution < 1.29 is 18.2 Å². The van der Waals surface area contributed by atoms with Crippen LogP contribution >= 0.6 is 0 Å². The van der Waals surface area contributed by atoms with Crippen LogP contribution in [0.25, 0.3) is 5.70 Å². The van der Waals surface area contributed by atoms with E-state index in [-0.39, 0.29) is 36.5 Å². The number of benzene rings is 2. The molecular weight excluding hydrogens is 439 g/mol. The molecule has 1 N–H and O–H groups in total. The molecule has 0 radical (unpaired) electrons. The summed E-state index contributed by atoms with van der Waals surface area (Å²) >= 11 is -0.267. The van der Waals surface area contributed by atoms with Crippen LogP contribution in [0, 0.1) is 11.6 Å². The number of nitrogens with one attached hydrogen (secondary N) is 1. The van der Waals surface area contributed by atoms with E-state index in [0.717, 1.165) is 10.1 Å². The number of carbonyl (C=O) groups is 1. The zero-order valence-electron chi connectivity index (χ0n) is 15.8. The van der Waals surface area contributed by atoms with Crippen molar-refractivity contribution in [2.75, 3.05) is 19.4 Å². The molecule has 3 aromatic rings. The Morgan fingerprint density at radius 2 is 1.66 bits per heavy atom. The van der Waals surface area contributed by atoms with E-state index >= 15 is 0 Å². The van der Waals surface area contributed by atoms with Gasteiger partial charge in [0.2, 0.25) is 0 Å². The molecule has 146 valence electrons. The van der Waals surface area contributed by atoms with Gasteiger partial charge >= 0.3 is 173 Å². The van der Waals surface area contributed by atoms with Crippen LogP contribution < -0.4 is 5.32 Å². The standard InChI is InChI=1S/C22H17F2N3OSe/c1-27(2)19(13-18(26-27)14-7-3-4-8-15(14)23)20-11-12-21(29-20)22(28)25-17-10-6-5-9-16(17)24/h3-13H,1-2H3/p+1. The number of carbonyl (C=O) groups excluding carboxylic acids is 1. The summed E-state index contributed by atoms with van der Waals surface area (Å²) in [5, 5.41) is 7.27. The maximum absolute atomic E-state index is 14.2. The average Bonchev–Trinajstić information content (AvgIpc) is 3.28. The van der Waals surface area contributed by atoms with Crippen molar-refractivity contribution in [2.45, 2.75) is 0 Å². The number of hydrogen-bond donors (Lipinski definition) is 1. The van der Waals surface area contributed by atoms with Gasteiger partial charge in [-0.15, -0.1) is 0 Å². The van der Waals surface area contributed by atoms with Crippen molar-refractivity contribution in [1.82, 2.24) is 0 Å². The fourth-order valence-electron chi connectivity index (χ4n) is 3.12.